The topological polar surface area (TPSA) is 61.9 Å². The number of ether oxygens (including phenoxy) is 1. The molecule has 0 heterocycles. The molecule has 5 aromatic carbocycles. The second-order valence-corrected chi connectivity index (χ2v) is 8.34. The van der Waals surface area contributed by atoms with E-state index in [1.807, 2.05) is 121 Å². The first-order chi connectivity index (χ1) is 18.7. The summed E-state index contributed by atoms with van der Waals surface area (Å²) in [5.41, 5.74) is 3.42. The van der Waals surface area contributed by atoms with Crippen molar-refractivity contribution in [3.8, 4) is 5.75 Å². The number of carbonyl (C=O) groups is 2. The Morgan fingerprint density at radius 1 is 0.474 bits per heavy atom. The normalized spacial score (nSPS) is 10.3. The largest absolute Gasteiger partial charge is 0.424 e. The van der Waals surface area contributed by atoms with E-state index in [0.29, 0.717) is 22.8 Å². The number of amides is 3. The van der Waals surface area contributed by atoms with E-state index in [1.165, 1.54) is 4.90 Å². The summed E-state index contributed by atoms with van der Waals surface area (Å²) in [7, 11) is 0. The van der Waals surface area contributed by atoms with Crippen LogP contribution in [0.25, 0.3) is 0 Å². The molecule has 5 aromatic rings. The predicted molar refractivity (Wildman–Crippen MR) is 152 cm³/mol. The zero-order chi connectivity index (χ0) is 26.2. The van der Waals surface area contributed by atoms with E-state index in [9.17, 15) is 9.59 Å². The summed E-state index contributed by atoms with van der Waals surface area (Å²) in [4.78, 5) is 29.6. The van der Waals surface area contributed by atoms with Gasteiger partial charge < -0.3 is 10.1 Å². The lowest BCUT2D eigenvalue weighted by molar-refractivity contribution is 0.210. The van der Waals surface area contributed by atoms with Gasteiger partial charge in [-0.15, -0.1) is 0 Å². The Hall–Kier alpha value is -5.36. The van der Waals surface area contributed by atoms with E-state index in [0.717, 1.165) is 11.4 Å². The predicted octanol–water partition coefficient (Wildman–Crippen LogP) is 8.39. The SMILES string of the molecule is O=C(Nc1ccc(OC(=O)N(c2ccccc2)c2ccccc2)cc1)N(c1ccccc1)c1ccccc1. The fraction of sp³-hybridized carbons (Fsp3) is 0. The number of hydrogen-bond acceptors (Lipinski definition) is 3. The third-order valence-electron chi connectivity index (χ3n) is 5.75. The fourth-order valence-corrected chi connectivity index (χ4v) is 3.98. The van der Waals surface area contributed by atoms with E-state index >= 15 is 0 Å². The van der Waals surface area contributed by atoms with Crippen molar-refractivity contribution < 1.29 is 14.3 Å². The van der Waals surface area contributed by atoms with E-state index in [2.05, 4.69) is 5.32 Å². The Balaban J connectivity index is 1.32. The van der Waals surface area contributed by atoms with Crippen molar-refractivity contribution in [1.29, 1.82) is 0 Å². The number of benzene rings is 5. The zero-order valence-corrected chi connectivity index (χ0v) is 20.5. The molecule has 0 atom stereocenters. The van der Waals surface area contributed by atoms with Gasteiger partial charge in [-0.2, -0.15) is 0 Å². The van der Waals surface area contributed by atoms with Gasteiger partial charge in [0.2, 0.25) is 0 Å². The van der Waals surface area contributed by atoms with Crippen LogP contribution >= 0.6 is 0 Å². The van der Waals surface area contributed by atoms with Crippen LogP contribution in [0.2, 0.25) is 0 Å². The van der Waals surface area contributed by atoms with Crippen LogP contribution in [0, 0.1) is 0 Å². The highest BCUT2D eigenvalue weighted by molar-refractivity contribution is 6.07. The molecule has 6 heteroatoms. The molecule has 0 aromatic heterocycles. The lowest BCUT2D eigenvalue weighted by atomic mass is 10.2. The van der Waals surface area contributed by atoms with Crippen molar-refractivity contribution in [1.82, 2.24) is 0 Å². The van der Waals surface area contributed by atoms with Crippen LogP contribution in [0.15, 0.2) is 146 Å². The van der Waals surface area contributed by atoms with Crippen LogP contribution in [0.5, 0.6) is 5.75 Å². The van der Waals surface area contributed by atoms with E-state index in [4.69, 9.17) is 4.74 Å². The van der Waals surface area contributed by atoms with Gasteiger partial charge in [-0.05, 0) is 72.8 Å². The van der Waals surface area contributed by atoms with Crippen LogP contribution in [-0.2, 0) is 0 Å². The maximum absolute atomic E-state index is 13.3. The maximum Gasteiger partial charge on any atom is 0.424 e. The zero-order valence-electron chi connectivity index (χ0n) is 20.5. The summed E-state index contributed by atoms with van der Waals surface area (Å²) >= 11 is 0. The van der Waals surface area contributed by atoms with Crippen LogP contribution in [-0.4, -0.2) is 12.1 Å². The number of para-hydroxylation sites is 4. The summed E-state index contributed by atoms with van der Waals surface area (Å²) in [5, 5.41) is 2.93. The van der Waals surface area contributed by atoms with Crippen LogP contribution in [0.1, 0.15) is 0 Å². The molecule has 0 spiro atoms. The van der Waals surface area contributed by atoms with Crippen molar-refractivity contribution in [2.45, 2.75) is 0 Å². The monoisotopic (exact) mass is 499 g/mol. The molecule has 0 saturated carbocycles. The van der Waals surface area contributed by atoms with Gasteiger partial charge in [0, 0.05) is 5.69 Å². The first-order valence-electron chi connectivity index (χ1n) is 12.1. The molecule has 0 saturated heterocycles. The molecule has 0 aliphatic heterocycles. The average Bonchev–Trinajstić information content (AvgIpc) is 2.97. The molecular weight excluding hydrogens is 474 g/mol. The van der Waals surface area contributed by atoms with Crippen molar-refractivity contribution in [2.24, 2.45) is 0 Å². The molecular formula is C32H25N3O3. The number of hydrogen-bond donors (Lipinski definition) is 1. The molecule has 38 heavy (non-hydrogen) atoms. The van der Waals surface area contributed by atoms with Crippen molar-refractivity contribution >= 4 is 40.6 Å². The molecule has 1 N–H and O–H groups in total. The van der Waals surface area contributed by atoms with Gasteiger partial charge in [-0.25, -0.2) is 14.5 Å². The summed E-state index contributed by atoms with van der Waals surface area (Å²) < 4.78 is 5.70. The highest BCUT2D eigenvalue weighted by Crippen LogP contribution is 2.28. The van der Waals surface area contributed by atoms with Gasteiger partial charge in [0.25, 0.3) is 0 Å². The molecule has 5 rings (SSSR count). The first-order valence-corrected chi connectivity index (χ1v) is 12.1. The first kappa shape index (κ1) is 24.3. The molecule has 186 valence electrons. The smallest absolute Gasteiger partial charge is 0.410 e. The number of carbonyl (C=O) groups excluding carboxylic acids is 2. The number of anilines is 5. The minimum atomic E-state index is -0.543. The molecule has 3 amide bonds. The molecule has 0 aliphatic carbocycles. The highest BCUT2D eigenvalue weighted by Gasteiger charge is 2.21. The quantitative estimate of drug-likeness (QED) is 0.255. The lowest BCUT2D eigenvalue weighted by Crippen LogP contribution is -2.30. The number of rotatable bonds is 6. The standard InChI is InChI=1S/C32H25N3O3/c36-31(34(26-13-5-1-6-14-26)27-15-7-2-8-16-27)33-25-21-23-30(24-22-25)38-32(37)35(28-17-9-3-10-18-28)29-19-11-4-12-20-29/h1-24H,(H,33,36). The molecule has 0 fully saturated rings. The Kier molecular flexibility index (Phi) is 7.42. The summed E-state index contributed by atoms with van der Waals surface area (Å²) in [5.74, 6) is 0.354. The molecule has 0 bridgehead atoms. The highest BCUT2D eigenvalue weighted by atomic mass is 16.6. The number of urea groups is 1. The molecule has 0 aliphatic rings. The van der Waals surface area contributed by atoms with Gasteiger partial charge >= 0.3 is 12.1 Å². The Morgan fingerprint density at radius 2 is 0.842 bits per heavy atom. The number of nitrogens with zero attached hydrogens (tertiary/aromatic N) is 2. The Labute approximate surface area is 221 Å². The van der Waals surface area contributed by atoms with Crippen molar-refractivity contribution in [3.05, 3.63) is 146 Å². The van der Waals surface area contributed by atoms with Crippen LogP contribution in [0.4, 0.5) is 38.0 Å². The summed E-state index contributed by atoms with van der Waals surface area (Å²) in [6, 6.07) is 43.9. The van der Waals surface area contributed by atoms with Gasteiger partial charge in [0.05, 0.1) is 22.7 Å². The molecule has 0 unspecified atom stereocenters. The fourth-order valence-electron chi connectivity index (χ4n) is 3.98. The van der Waals surface area contributed by atoms with Crippen LogP contribution < -0.4 is 19.9 Å². The van der Waals surface area contributed by atoms with E-state index in [-0.39, 0.29) is 6.03 Å². The minimum Gasteiger partial charge on any atom is -0.410 e. The minimum absolute atomic E-state index is 0.313. The third kappa shape index (κ3) is 5.71. The second kappa shape index (κ2) is 11.6. The van der Waals surface area contributed by atoms with Gasteiger partial charge in [-0.1, -0.05) is 72.8 Å². The van der Waals surface area contributed by atoms with Gasteiger partial charge in [0.1, 0.15) is 5.75 Å². The second-order valence-electron chi connectivity index (χ2n) is 8.34. The van der Waals surface area contributed by atoms with Crippen molar-refractivity contribution in [2.75, 3.05) is 15.1 Å². The molecule has 0 radical (unpaired) electrons. The van der Waals surface area contributed by atoms with Gasteiger partial charge in [0.15, 0.2) is 0 Å². The molecule has 6 nitrogen and oxygen atoms in total. The maximum atomic E-state index is 13.3. The van der Waals surface area contributed by atoms with E-state index < -0.39 is 6.09 Å². The lowest BCUT2D eigenvalue weighted by Gasteiger charge is -2.23. The number of nitrogens with one attached hydrogen (secondary N) is 1. The summed E-state index contributed by atoms with van der Waals surface area (Å²) in [6.45, 7) is 0. The van der Waals surface area contributed by atoms with E-state index in [1.54, 1.807) is 29.2 Å². The Bertz CT molecular complexity index is 1280. The van der Waals surface area contributed by atoms with Crippen LogP contribution in [0.3, 0.4) is 0 Å². The van der Waals surface area contributed by atoms with Crippen molar-refractivity contribution in [3.63, 3.8) is 0 Å². The van der Waals surface area contributed by atoms with Gasteiger partial charge in [-0.3, -0.25) is 4.90 Å². The average molecular weight is 500 g/mol. The third-order valence-corrected chi connectivity index (χ3v) is 5.75. The summed E-state index contributed by atoms with van der Waals surface area (Å²) in [6.07, 6.45) is -0.543. The Morgan fingerprint density at radius 3 is 1.24 bits per heavy atom.